The number of hydrogen-bond donors (Lipinski definition) is 2. The first kappa shape index (κ1) is 19.6. The average molecular weight is 362 g/mol. The number of carbonyl (C=O) groups excluding carboxylic acids is 2. The number of nitrogens with zero attached hydrogens (tertiary/aromatic N) is 2. The fraction of sp³-hybridized carbons (Fsp3) is 0.444. The van der Waals surface area contributed by atoms with E-state index in [9.17, 15) is 9.59 Å². The Labute approximate surface area is 153 Å². The Balaban J connectivity index is 2.02. The lowest BCUT2D eigenvalue weighted by atomic mass is 10.1. The fourth-order valence-corrected chi connectivity index (χ4v) is 2.61. The summed E-state index contributed by atoms with van der Waals surface area (Å²) in [6, 6.07) is 5.89. The number of amides is 1. The van der Waals surface area contributed by atoms with Crippen molar-refractivity contribution in [1.82, 2.24) is 9.91 Å². The lowest BCUT2D eigenvalue weighted by Crippen LogP contribution is -2.33. The Morgan fingerprint density at radius 1 is 1.27 bits per heavy atom. The Bertz CT molecular complexity index is 724. The lowest BCUT2D eigenvalue weighted by molar-refractivity contribution is -0.136. The summed E-state index contributed by atoms with van der Waals surface area (Å²) < 4.78 is 9.95. The van der Waals surface area contributed by atoms with Crippen LogP contribution in [0, 0.1) is 0 Å². The molecule has 8 nitrogen and oxygen atoms in total. The van der Waals surface area contributed by atoms with E-state index in [1.54, 1.807) is 4.90 Å². The number of carbonyl (C=O) groups is 2. The molecule has 0 aromatic heterocycles. The van der Waals surface area contributed by atoms with Crippen LogP contribution in [0.1, 0.15) is 37.5 Å². The van der Waals surface area contributed by atoms with Gasteiger partial charge < -0.3 is 20.2 Å². The predicted molar refractivity (Wildman–Crippen MR) is 95.9 cm³/mol. The predicted octanol–water partition coefficient (Wildman–Crippen LogP) is 1.59. The number of esters is 1. The molecule has 1 aromatic carbocycles. The molecule has 0 radical (unpaired) electrons. The maximum Gasteiger partial charge on any atom is 0.410 e. The highest BCUT2D eigenvalue weighted by Crippen LogP contribution is 2.26. The van der Waals surface area contributed by atoms with E-state index in [4.69, 9.17) is 16.3 Å². The van der Waals surface area contributed by atoms with Gasteiger partial charge in [-0.15, -0.1) is 0 Å². The molecule has 0 saturated heterocycles. The molecule has 4 N–H and O–H groups in total. The van der Waals surface area contributed by atoms with Gasteiger partial charge in [-0.25, -0.2) is 15.4 Å². The van der Waals surface area contributed by atoms with Gasteiger partial charge in [-0.3, -0.25) is 4.90 Å². The fourth-order valence-electron chi connectivity index (χ4n) is 2.61. The summed E-state index contributed by atoms with van der Waals surface area (Å²) in [6.45, 7) is 6.90. The maximum atomic E-state index is 12.2. The molecule has 1 aromatic rings. The largest absolute Gasteiger partial charge is 0.464 e. The minimum atomic E-state index is -0.637. The normalized spacial score (nSPS) is 14.0. The van der Waals surface area contributed by atoms with E-state index in [-0.39, 0.29) is 11.8 Å². The van der Waals surface area contributed by atoms with Crippen LogP contribution in [0.5, 0.6) is 0 Å². The standard InChI is InChI=1S/C18H26N4O4/c1-18(2,3)26-17(24)21-9-13-6-5-12(7-14(13)10-21)8-22(20)11-15(19)16(23)25-4/h5-7,11H,8-10,19-20H2,1-4H3/b15-11-. The van der Waals surface area contributed by atoms with E-state index in [2.05, 4.69) is 4.74 Å². The summed E-state index contributed by atoms with van der Waals surface area (Å²) in [5.74, 6) is 5.24. The second kappa shape index (κ2) is 7.65. The molecule has 2 rings (SSSR count). The highest BCUT2D eigenvalue weighted by Gasteiger charge is 2.27. The summed E-state index contributed by atoms with van der Waals surface area (Å²) in [7, 11) is 1.25. The molecule has 1 heterocycles. The summed E-state index contributed by atoms with van der Waals surface area (Å²) in [6.07, 6.45) is 0.996. The zero-order valence-electron chi connectivity index (χ0n) is 15.6. The zero-order chi connectivity index (χ0) is 19.5. The van der Waals surface area contributed by atoms with Crippen molar-refractivity contribution < 1.29 is 19.1 Å². The molecule has 1 aliphatic rings. The van der Waals surface area contributed by atoms with Crippen molar-refractivity contribution >= 4 is 12.1 Å². The molecule has 0 spiro atoms. The average Bonchev–Trinajstić information content (AvgIpc) is 2.95. The summed E-state index contributed by atoms with van der Waals surface area (Å²) >= 11 is 0. The van der Waals surface area contributed by atoms with Crippen LogP contribution in [0.15, 0.2) is 30.1 Å². The van der Waals surface area contributed by atoms with Gasteiger partial charge in [0.1, 0.15) is 11.3 Å². The first-order valence-electron chi connectivity index (χ1n) is 8.24. The van der Waals surface area contributed by atoms with E-state index in [1.165, 1.54) is 18.3 Å². The number of hydrogen-bond acceptors (Lipinski definition) is 7. The van der Waals surface area contributed by atoms with Gasteiger partial charge in [-0.05, 0) is 37.5 Å². The minimum absolute atomic E-state index is 0.0766. The van der Waals surface area contributed by atoms with E-state index in [0.29, 0.717) is 19.6 Å². The van der Waals surface area contributed by atoms with Gasteiger partial charge in [0.15, 0.2) is 0 Å². The van der Waals surface area contributed by atoms with Crippen molar-refractivity contribution in [1.29, 1.82) is 0 Å². The number of benzene rings is 1. The zero-order valence-corrected chi connectivity index (χ0v) is 15.6. The van der Waals surface area contributed by atoms with Crippen molar-refractivity contribution in [2.45, 2.75) is 46.0 Å². The molecule has 26 heavy (non-hydrogen) atoms. The third kappa shape index (κ3) is 5.13. The molecule has 1 aliphatic heterocycles. The molecule has 0 atom stereocenters. The van der Waals surface area contributed by atoms with Gasteiger partial charge in [-0.1, -0.05) is 18.2 Å². The van der Waals surface area contributed by atoms with Crippen LogP contribution < -0.4 is 11.6 Å². The molecule has 0 aliphatic carbocycles. The summed E-state index contributed by atoms with van der Waals surface area (Å²) in [5, 5.41) is 1.31. The molecule has 1 amide bonds. The molecule has 142 valence electrons. The van der Waals surface area contributed by atoms with Crippen LogP contribution in [-0.4, -0.2) is 34.7 Å². The van der Waals surface area contributed by atoms with Crippen LogP contribution in [0.3, 0.4) is 0 Å². The van der Waals surface area contributed by atoms with Crippen LogP contribution >= 0.6 is 0 Å². The summed E-state index contributed by atoms with van der Waals surface area (Å²) in [5.41, 5.74) is 8.04. The van der Waals surface area contributed by atoms with Crippen LogP contribution in [0.2, 0.25) is 0 Å². The first-order valence-corrected chi connectivity index (χ1v) is 8.24. The van der Waals surface area contributed by atoms with Gasteiger partial charge in [0.25, 0.3) is 0 Å². The molecular formula is C18H26N4O4. The number of fused-ring (bicyclic) bond motifs is 1. The molecular weight excluding hydrogens is 336 g/mol. The second-order valence-corrected chi connectivity index (χ2v) is 7.19. The minimum Gasteiger partial charge on any atom is -0.464 e. The first-order chi connectivity index (χ1) is 12.1. The Morgan fingerprint density at radius 2 is 1.92 bits per heavy atom. The number of ether oxygens (including phenoxy) is 2. The number of methoxy groups -OCH3 is 1. The highest BCUT2D eigenvalue weighted by molar-refractivity contribution is 5.87. The van der Waals surface area contributed by atoms with Crippen molar-refractivity contribution in [2.24, 2.45) is 11.6 Å². The SMILES string of the molecule is COC(=O)/C(N)=C/N(N)Cc1ccc2c(c1)CN(C(=O)OC(C)(C)C)C2. The van der Waals surface area contributed by atoms with E-state index < -0.39 is 11.6 Å². The van der Waals surface area contributed by atoms with E-state index in [1.807, 2.05) is 39.0 Å². The Hall–Kier alpha value is -2.74. The van der Waals surface area contributed by atoms with Gasteiger partial charge in [-0.2, -0.15) is 0 Å². The van der Waals surface area contributed by atoms with Gasteiger partial charge >= 0.3 is 12.1 Å². The Kier molecular flexibility index (Phi) is 5.76. The monoisotopic (exact) mass is 362 g/mol. The molecule has 0 fully saturated rings. The molecule has 0 unspecified atom stereocenters. The van der Waals surface area contributed by atoms with Crippen molar-refractivity contribution in [2.75, 3.05) is 7.11 Å². The number of hydrazine groups is 1. The van der Waals surface area contributed by atoms with Crippen molar-refractivity contribution in [3.8, 4) is 0 Å². The van der Waals surface area contributed by atoms with E-state index in [0.717, 1.165) is 16.7 Å². The Morgan fingerprint density at radius 3 is 2.54 bits per heavy atom. The van der Waals surface area contributed by atoms with Crippen LogP contribution in [-0.2, 0) is 33.9 Å². The van der Waals surface area contributed by atoms with Crippen molar-refractivity contribution in [3.63, 3.8) is 0 Å². The van der Waals surface area contributed by atoms with E-state index >= 15 is 0 Å². The van der Waals surface area contributed by atoms with Gasteiger partial charge in [0.05, 0.1) is 13.7 Å². The van der Waals surface area contributed by atoms with Gasteiger partial charge in [0.2, 0.25) is 0 Å². The molecule has 8 heteroatoms. The number of nitrogens with two attached hydrogens (primary N) is 2. The second-order valence-electron chi connectivity index (χ2n) is 7.19. The smallest absolute Gasteiger partial charge is 0.410 e. The van der Waals surface area contributed by atoms with Crippen LogP contribution in [0.25, 0.3) is 0 Å². The molecule has 0 bridgehead atoms. The quantitative estimate of drug-likeness (QED) is 0.362. The molecule has 0 saturated carbocycles. The lowest BCUT2D eigenvalue weighted by Gasteiger charge is -2.24. The summed E-state index contributed by atoms with van der Waals surface area (Å²) in [4.78, 5) is 25.2. The third-order valence-corrected chi connectivity index (χ3v) is 3.74. The van der Waals surface area contributed by atoms with Gasteiger partial charge in [0, 0.05) is 19.3 Å². The number of rotatable bonds is 4. The third-order valence-electron chi connectivity index (χ3n) is 3.74. The topological polar surface area (TPSA) is 111 Å². The van der Waals surface area contributed by atoms with Crippen molar-refractivity contribution in [3.05, 3.63) is 46.8 Å². The van der Waals surface area contributed by atoms with Crippen LogP contribution in [0.4, 0.5) is 4.79 Å². The maximum absolute atomic E-state index is 12.2. The highest BCUT2D eigenvalue weighted by atomic mass is 16.6.